The van der Waals surface area contributed by atoms with Gasteiger partial charge < -0.3 is 20.6 Å². The van der Waals surface area contributed by atoms with Crippen molar-refractivity contribution in [3.8, 4) is 12.3 Å². The summed E-state index contributed by atoms with van der Waals surface area (Å²) in [5, 5.41) is 31.8. The number of β-lactam (4-membered cyclic amide) rings is 1. The number of carboxylic acids is 1. The second-order valence-electron chi connectivity index (χ2n) is 7.81. The van der Waals surface area contributed by atoms with Crippen molar-refractivity contribution in [3.63, 3.8) is 0 Å². The first-order valence-electron chi connectivity index (χ1n) is 11.3. The summed E-state index contributed by atoms with van der Waals surface area (Å²) in [7, 11) is 0. The average Bonchev–Trinajstić information content (AvgIpc) is 3.57. The molecular weight excluding hydrogens is 570 g/mol. The molecule has 15 nitrogen and oxygen atoms in total. The Balaban J connectivity index is 1.49. The zero-order valence-corrected chi connectivity index (χ0v) is 22.7. The van der Waals surface area contributed by atoms with Crippen LogP contribution in [-0.2, 0) is 30.6 Å². The van der Waals surface area contributed by atoms with Gasteiger partial charge in [-0.2, -0.15) is 0 Å². The number of nitrogens with zero attached hydrogens (tertiary/aromatic N) is 7. The van der Waals surface area contributed by atoms with Crippen molar-refractivity contribution < 1.29 is 29.1 Å². The van der Waals surface area contributed by atoms with E-state index in [1.165, 1.54) is 33.8 Å². The van der Waals surface area contributed by atoms with Gasteiger partial charge in [-0.15, -0.1) is 34.6 Å². The van der Waals surface area contributed by atoms with Crippen LogP contribution in [0.5, 0.6) is 0 Å². The molecule has 2 aromatic heterocycles. The highest BCUT2D eigenvalue weighted by Gasteiger charge is 2.54. The molecule has 2 aliphatic heterocycles. The van der Waals surface area contributed by atoms with Crippen molar-refractivity contribution in [2.24, 2.45) is 5.16 Å². The van der Waals surface area contributed by atoms with E-state index in [0.29, 0.717) is 29.4 Å². The molecule has 0 aliphatic carbocycles. The fourth-order valence-corrected chi connectivity index (χ4v) is 6.69. The lowest BCUT2D eigenvalue weighted by Gasteiger charge is -2.49. The number of rotatable bonds is 13. The smallest absolute Gasteiger partial charge is 0.352 e. The Bertz CT molecular complexity index is 1380. The molecule has 39 heavy (non-hydrogen) atoms. The van der Waals surface area contributed by atoms with Gasteiger partial charge in [0.05, 0.1) is 0 Å². The van der Waals surface area contributed by atoms with E-state index >= 15 is 0 Å². The van der Waals surface area contributed by atoms with E-state index in [0.717, 1.165) is 17.8 Å². The molecule has 0 radical (unpaired) electrons. The Morgan fingerprint density at radius 1 is 1.46 bits per heavy atom. The molecule has 0 aromatic carbocycles. The second kappa shape index (κ2) is 12.7. The fourth-order valence-electron chi connectivity index (χ4n) is 3.65. The second-order valence-corrected chi connectivity index (χ2v) is 10.7. The van der Waals surface area contributed by atoms with E-state index in [-0.39, 0.29) is 34.6 Å². The quantitative estimate of drug-likeness (QED) is 0.0537. The molecule has 18 heteroatoms. The number of terminal acetylenes is 1. The number of hydrogen-bond acceptors (Lipinski definition) is 13. The van der Waals surface area contributed by atoms with Crippen molar-refractivity contribution in [2.75, 3.05) is 23.4 Å². The van der Waals surface area contributed by atoms with E-state index in [9.17, 15) is 24.3 Å². The van der Waals surface area contributed by atoms with Crippen LogP contribution in [0, 0.1) is 12.3 Å². The van der Waals surface area contributed by atoms with Crippen LogP contribution in [0.15, 0.2) is 27.0 Å². The molecule has 1 saturated heterocycles. The van der Waals surface area contributed by atoms with E-state index in [1.54, 1.807) is 4.68 Å². The van der Waals surface area contributed by atoms with Gasteiger partial charge in [0.15, 0.2) is 17.5 Å². The molecule has 2 atom stereocenters. The monoisotopic (exact) mass is 591 g/mol. The van der Waals surface area contributed by atoms with Crippen LogP contribution in [0.2, 0.25) is 0 Å². The summed E-state index contributed by atoms with van der Waals surface area (Å²) < 4.78 is 1.64. The summed E-state index contributed by atoms with van der Waals surface area (Å²) in [6, 6.07) is -1.01. The number of carbonyl (C=O) groups excluding carboxylic acids is 3. The number of carboxylic acid groups (broad SMARTS) is 1. The lowest BCUT2D eigenvalue weighted by atomic mass is 10.0. The molecule has 1 fully saturated rings. The predicted molar refractivity (Wildman–Crippen MR) is 142 cm³/mol. The standard InChI is InChI=1S/C21H21N9O6S3/c1-3-5-29-21(25-27-28-29)39-8-11-7-37-18-14(17(33)30(18)15(11)19(34)35)24-16(32)13(26-36-6-4-2)12-9-38-20(23-12)22-10-31/h2,9-10,14,18H,3,5-8H2,1H3,(H,24,32)(H,34,35)(H,22,23,31)/t14?,18-/m0/s1. The molecule has 2 aromatic rings. The number of tetrazole rings is 1. The van der Waals surface area contributed by atoms with Crippen LogP contribution < -0.4 is 10.6 Å². The molecular formula is C21H21N9O6S3. The minimum atomic E-state index is -1.25. The van der Waals surface area contributed by atoms with Gasteiger partial charge in [0.1, 0.15) is 22.8 Å². The number of oxime groups is 1. The number of thioether (sulfide) groups is 2. The van der Waals surface area contributed by atoms with Crippen LogP contribution in [0.1, 0.15) is 19.0 Å². The zero-order valence-electron chi connectivity index (χ0n) is 20.3. The number of hydrogen-bond donors (Lipinski definition) is 3. The van der Waals surface area contributed by atoms with Crippen molar-refractivity contribution >= 4 is 69.9 Å². The summed E-state index contributed by atoms with van der Waals surface area (Å²) in [4.78, 5) is 59.3. The maximum atomic E-state index is 13.1. The first-order chi connectivity index (χ1) is 18.9. The maximum Gasteiger partial charge on any atom is 0.352 e. The topological polar surface area (TPSA) is 194 Å². The first kappa shape index (κ1) is 28.1. The molecule has 0 bridgehead atoms. The SMILES string of the molecule is C#CCON=C(C(=O)NC1C(=O)N2C(C(=O)O)=C(CSc3nnnn3CCC)CS[C@@H]12)c1csc(NC=O)n1. The molecule has 4 rings (SSSR count). The van der Waals surface area contributed by atoms with E-state index in [1.807, 2.05) is 6.92 Å². The lowest BCUT2D eigenvalue weighted by Crippen LogP contribution is -2.71. The third-order valence-corrected chi connectivity index (χ3v) is 8.45. The predicted octanol–water partition coefficient (Wildman–Crippen LogP) is -0.00730. The lowest BCUT2D eigenvalue weighted by molar-refractivity contribution is -0.150. The highest BCUT2D eigenvalue weighted by atomic mass is 32.2. The molecule has 204 valence electrons. The Morgan fingerprint density at radius 3 is 3.00 bits per heavy atom. The third kappa shape index (κ3) is 6.05. The number of anilines is 1. The van der Waals surface area contributed by atoms with Gasteiger partial charge in [-0.05, 0) is 22.4 Å². The number of aryl methyl sites for hydroxylation is 1. The van der Waals surface area contributed by atoms with Crippen LogP contribution in [-0.4, -0.2) is 94.6 Å². The maximum absolute atomic E-state index is 13.1. The number of nitrogens with one attached hydrogen (secondary N) is 2. The normalized spacial score (nSPS) is 18.6. The Labute approximate surface area is 233 Å². The minimum absolute atomic E-state index is 0.0923. The molecule has 2 aliphatic rings. The molecule has 4 heterocycles. The molecule has 0 saturated carbocycles. The number of amides is 3. The highest BCUT2D eigenvalue weighted by Crippen LogP contribution is 2.41. The van der Waals surface area contributed by atoms with Crippen molar-refractivity contribution in [1.82, 2.24) is 35.4 Å². The van der Waals surface area contributed by atoms with Crippen molar-refractivity contribution in [2.45, 2.75) is 36.5 Å². The van der Waals surface area contributed by atoms with Gasteiger partial charge in [0.2, 0.25) is 11.6 Å². The summed E-state index contributed by atoms with van der Waals surface area (Å²) in [6.07, 6.45) is 6.43. The fraction of sp³-hybridized carbons (Fsp3) is 0.381. The summed E-state index contributed by atoms with van der Waals surface area (Å²) in [5.74, 6) is 0.209. The van der Waals surface area contributed by atoms with Gasteiger partial charge in [-0.25, -0.2) is 14.5 Å². The van der Waals surface area contributed by atoms with Crippen molar-refractivity contribution in [3.05, 3.63) is 22.3 Å². The Kier molecular flexibility index (Phi) is 9.16. The van der Waals surface area contributed by atoms with E-state index < -0.39 is 29.2 Å². The Morgan fingerprint density at radius 2 is 2.28 bits per heavy atom. The Hall–Kier alpha value is -3.95. The number of aliphatic carboxylic acids is 1. The summed E-state index contributed by atoms with van der Waals surface area (Å²) in [5.41, 5.74) is 0.255. The third-order valence-electron chi connectivity index (χ3n) is 5.29. The van der Waals surface area contributed by atoms with Gasteiger partial charge in [-0.1, -0.05) is 29.8 Å². The van der Waals surface area contributed by atoms with Crippen LogP contribution >= 0.6 is 34.9 Å². The van der Waals surface area contributed by atoms with Gasteiger partial charge in [-0.3, -0.25) is 19.3 Å². The summed E-state index contributed by atoms with van der Waals surface area (Å²) >= 11 is 3.66. The average molecular weight is 592 g/mol. The van der Waals surface area contributed by atoms with E-state index in [2.05, 4.69) is 42.2 Å². The highest BCUT2D eigenvalue weighted by molar-refractivity contribution is 8.01. The molecule has 3 amide bonds. The van der Waals surface area contributed by atoms with Crippen LogP contribution in [0.25, 0.3) is 0 Å². The molecule has 0 spiro atoms. The minimum Gasteiger partial charge on any atom is -0.477 e. The van der Waals surface area contributed by atoms with E-state index in [4.69, 9.17) is 11.3 Å². The zero-order chi connectivity index (χ0) is 27.9. The van der Waals surface area contributed by atoms with Crippen LogP contribution in [0.3, 0.4) is 0 Å². The molecule has 1 unspecified atom stereocenters. The molecule has 3 N–H and O–H groups in total. The number of aromatic nitrogens is 5. The first-order valence-corrected chi connectivity index (χ1v) is 14.2. The van der Waals surface area contributed by atoms with Gasteiger partial charge in [0.25, 0.3) is 11.8 Å². The van der Waals surface area contributed by atoms with Gasteiger partial charge >= 0.3 is 5.97 Å². The number of fused-ring (bicyclic) bond motifs is 1. The number of thiazole rings is 1. The largest absolute Gasteiger partial charge is 0.477 e. The number of carbonyl (C=O) groups is 4. The van der Waals surface area contributed by atoms with Crippen molar-refractivity contribution in [1.29, 1.82) is 0 Å². The summed E-state index contributed by atoms with van der Waals surface area (Å²) in [6.45, 7) is 2.40. The van der Waals surface area contributed by atoms with Gasteiger partial charge in [0, 0.05) is 23.4 Å². The van der Waals surface area contributed by atoms with Crippen LogP contribution in [0.4, 0.5) is 5.13 Å².